The van der Waals surface area contributed by atoms with Gasteiger partial charge in [-0.2, -0.15) is 0 Å². The summed E-state index contributed by atoms with van der Waals surface area (Å²) in [5.41, 5.74) is 6.62. The average molecular weight is 256 g/mol. The maximum atomic E-state index is 11.1. The summed E-state index contributed by atoms with van der Waals surface area (Å²) in [6.07, 6.45) is 7.04. The molecule has 2 N–H and O–H groups in total. The van der Waals surface area contributed by atoms with Crippen molar-refractivity contribution in [2.45, 2.75) is 18.9 Å². The van der Waals surface area contributed by atoms with Gasteiger partial charge in [-0.15, -0.1) is 0 Å². The quantitative estimate of drug-likeness (QED) is 0.886. The first-order valence-corrected chi connectivity index (χ1v) is 5.97. The maximum absolute atomic E-state index is 11.1. The van der Waals surface area contributed by atoms with Gasteiger partial charge in [0.25, 0.3) is 5.91 Å². The highest BCUT2D eigenvalue weighted by Gasteiger charge is 2.23. The fourth-order valence-corrected chi connectivity index (χ4v) is 1.58. The third kappa shape index (κ3) is 2.67. The van der Waals surface area contributed by atoms with Crippen molar-refractivity contribution in [2.75, 3.05) is 0 Å². The topological polar surface area (TPSA) is 91.0 Å². The van der Waals surface area contributed by atoms with Crippen molar-refractivity contribution < 1.29 is 9.53 Å². The van der Waals surface area contributed by atoms with Gasteiger partial charge in [0, 0.05) is 17.8 Å². The van der Waals surface area contributed by atoms with Crippen molar-refractivity contribution >= 4 is 5.91 Å². The minimum atomic E-state index is -0.601. The molecule has 1 saturated carbocycles. The molecule has 0 radical (unpaired) electrons. The van der Waals surface area contributed by atoms with E-state index in [1.807, 2.05) is 6.07 Å². The van der Waals surface area contributed by atoms with E-state index in [-0.39, 0.29) is 5.69 Å². The first-order chi connectivity index (χ1) is 9.22. The van der Waals surface area contributed by atoms with Gasteiger partial charge in [0.05, 0.1) is 18.1 Å². The summed E-state index contributed by atoms with van der Waals surface area (Å²) >= 11 is 0. The van der Waals surface area contributed by atoms with Gasteiger partial charge in [-0.3, -0.25) is 9.78 Å². The van der Waals surface area contributed by atoms with Crippen LogP contribution >= 0.6 is 0 Å². The highest BCUT2D eigenvalue weighted by Crippen LogP contribution is 2.26. The lowest BCUT2D eigenvalue weighted by Gasteiger charge is -2.04. The number of pyridine rings is 1. The molecule has 6 nitrogen and oxygen atoms in total. The molecule has 2 heterocycles. The molecule has 1 fully saturated rings. The number of carbonyl (C=O) groups excluding carboxylic acids is 1. The van der Waals surface area contributed by atoms with Gasteiger partial charge >= 0.3 is 0 Å². The van der Waals surface area contributed by atoms with Crippen LogP contribution in [0.3, 0.4) is 0 Å². The summed E-state index contributed by atoms with van der Waals surface area (Å²) in [6.45, 7) is 0. The van der Waals surface area contributed by atoms with Crippen LogP contribution in [-0.4, -0.2) is 27.0 Å². The number of hydrogen-bond acceptors (Lipinski definition) is 5. The van der Waals surface area contributed by atoms with E-state index in [1.165, 1.54) is 6.20 Å². The smallest absolute Gasteiger partial charge is 0.268 e. The van der Waals surface area contributed by atoms with Crippen LogP contribution in [0, 0.1) is 0 Å². The van der Waals surface area contributed by atoms with Crippen LogP contribution < -0.4 is 10.5 Å². The Labute approximate surface area is 109 Å². The molecule has 3 rings (SSSR count). The summed E-state index contributed by atoms with van der Waals surface area (Å²) in [5, 5.41) is 0. The number of primary amides is 1. The van der Waals surface area contributed by atoms with E-state index in [0.717, 1.165) is 18.4 Å². The second-order valence-corrected chi connectivity index (χ2v) is 4.36. The maximum Gasteiger partial charge on any atom is 0.268 e. The summed E-state index contributed by atoms with van der Waals surface area (Å²) in [6, 6.07) is 3.62. The molecular weight excluding hydrogens is 244 g/mol. The van der Waals surface area contributed by atoms with E-state index in [0.29, 0.717) is 17.7 Å². The lowest BCUT2D eigenvalue weighted by molar-refractivity contribution is 0.0995. The van der Waals surface area contributed by atoms with E-state index in [4.69, 9.17) is 10.5 Å². The van der Waals surface area contributed by atoms with Crippen molar-refractivity contribution in [3.05, 3.63) is 36.4 Å². The predicted octanol–water partition coefficient (Wildman–Crippen LogP) is 1.18. The molecule has 0 aromatic carbocycles. The second-order valence-electron chi connectivity index (χ2n) is 4.36. The third-order valence-corrected chi connectivity index (χ3v) is 2.73. The molecule has 1 amide bonds. The van der Waals surface area contributed by atoms with Crippen LogP contribution in [0.15, 0.2) is 30.7 Å². The first kappa shape index (κ1) is 11.6. The van der Waals surface area contributed by atoms with Gasteiger partial charge in [-0.1, -0.05) is 0 Å². The first-order valence-electron chi connectivity index (χ1n) is 5.97. The SMILES string of the molecule is NC(=O)c1cncc(-c2ccc(OC3CC3)nc2)n1. The molecule has 1 aliphatic carbocycles. The monoisotopic (exact) mass is 256 g/mol. The number of aromatic nitrogens is 3. The molecule has 2 aromatic rings. The summed E-state index contributed by atoms with van der Waals surface area (Å²) in [5.74, 6) is 0.00117. The molecule has 19 heavy (non-hydrogen) atoms. The minimum Gasteiger partial charge on any atom is -0.474 e. The number of nitrogens with zero attached hydrogens (tertiary/aromatic N) is 3. The molecule has 96 valence electrons. The third-order valence-electron chi connectivity index (χ3n) is 2.73. The van der Waals surface area contributed by atoms with Gasteiger partial charge in [-0.05, 0) is 18.9 Å². The van der Waals surface area contributed by atoms with Gasteiger partial charge in [-0.25, -0.2) is 9.97 Å². The zero-order valence-corrected chi connectivity index (χ0v) is 10.1. The van der Waals surface area contributed by atoms with Gasteiger partial charge in [0.2, 0.25) is 5.88 Å². The van der Waals surface area contributed by atoms with Crippen molar-refractivity contribution in [1.82, 2.24) is 15.0 Å². The van der Waals surface area contributed by atoms with Crippen molar-refractivity contribution in [2.24, 2.45) is 5.73 Å². The Morgan fingerprint density at radius 2 is 2.11 bits per heavy atom. The lowest BCUT2D eigenvalue weighted by Crippen LogP contribution is -2.13. The van der Waals surface area contributed by atoms with E-state index in [2.05, 4.69) is 15.0 Å². The molecule has 6 heteroatoms. The Morgan fingerprint density at radius 3 is 2.74 bits per heavy atom. The van der Waals surface area contributed by atoms with Crippen LogP contribution in [0.4, 0.5) is 0 Å². The van der Waals surface area contributed by atoms with Gasteiger partial charge in [0.15, 0.2) is 0 Å². The molecule has 1 aliphatic rings. The van der Waals surface area contributed by atoms with E-state index < -0.39 is 5.91 Å². The minimum absolute atomic E-state index is 0.135. The second kappa shape index (κ2) is 4.64. The number of ether oxygens (including phenoxy) is 1. The fourth-order valence-electron chi connectivity index (χ4n) is 1.58. The molecule has 0 aliphatic heterocycles. The van der Waals surface area contributed by atoms with Crippen molar-refractivity contribution in [3.63, 3.8) is 0 Å². The highest BCUT2D eigenvalue weighted by atomic mass is 16.5. The molecule has 0 saturated heterocycles. The molecule has 0 spiro atoms. The summed E-state index contributed by atoms with van der Waals surface area (Å²) in [4.78, 5) is 23.3. The zero-order chi connectivity index (χ0) is 13.2. The van der Waals surface area contributed by atoms with Crippen LogP contribution in [0.2, 0.25) is 0 Å². The molecule has 0 atom stereocenters. The largest absolute Gasteiger partial charge is 0.474 e. The molecule has 0 unspecified atom stereocenters. The van der Waals surface area contributed by atoms with Crippen LogP contribution in [0.5, 0.6) is 5.88 Å². The normalized spacial score (nSPS) is 14.1. The fraction of sp³-hybridized carbons (Fsp3) is 0.231. The van der Waals surface area contributed by atoms with E-state index in [1.54, 1.807) is 18.5 Å². The summed E-state index contributed by atoms with van der Waals surface area (Å²) in [7, 11) is 0. The lowest BCUT2D eigenvalue weighted by atomic mass is 10.2. The van der Waals surface area contributed by atoms with Crippen LogP contribution in [-0.2, 0) is 0 Å². The van der Waals surface area contributed by atoms with E-state index in [9.17, 15) is 4.79 Å². The number of carbonyl (C=O) groups is 1. The number of amides is 1. The number of rotatable bonds is 4. The zero-order valence-electron chi connectivity index (χ0n) is 10.1. The van der Waals surface area contributed by atoms with Crippen molar-refractivity contribution in [3.8, 4) is 17.1 Å². The summed E-state index contributed by atoms with van der Waals surface area (Å²) < 4.78 is 5.56. The Bertz CT molecular complexity index is 608. The average Bonchev–Trinajstić information content (AvgIpc) is 3.24. The Balaban J connectivity index is 1.84. The highest BCUT2D eigenvalue weighted by molar-refractivity contribution is 5.90. The molecule has 2 aromatic heterocycles. The van der Waals surface area contributed by atoms with Crippen LogP contribution in [0.25, 0.3) is 11.3 Å². The predicted molar refractivity (Wildman–Crippen MR) is 67.4 cm³/mol. The molecule has 0 bridgehead atoms. The number of hydrogen-bond donors (Lipinski definition) is 1. The number of nitrogens with two attached hydrogens (primary N) is 1. The van der Waals surface area contributed by atoms with E-state index >= 15 is 0 Å². The standard InChI is InChI=1S/C13H12N4O2/c14-13(18)11-7-15-6-10(17-11)8-1-4-12(16-5-8)19-9-2-3-9/h1,4-7,9H,2-3H2,(H2,14,18). The Morgan fingerprint density at radius 1 is 1.26 bits per heavy atom. The Kier molecular flexibility index (Phi) is 2.83. The Hall–Kier alpha value is -2.50. The molecular formula is C13H12N4O2. The van der Waals surface area contributed by atoms with Crippen LogP contribution in [0.1, 0.15) is 23.3 Å². The van der Waals surface area contributed by atoms with Gasteiger partial charge < -0.3 is 10.5 Å². The van der Waals surface area contributed by atoms with Crippen molar-refractivity contribution in [1.29, 1.82) is 0 Å². The van der Waals surface area contributed by atoms with Gasteiger partial charge in [0.1, 0.15) is 11.8 Å².